The molecule has 6 nitrogen and oxygen atoms in total. The highest BCUT2D eigenvalue weighted by Gasteiger charge is 2.29. The van der Waals surface area contributed by atoms with Gasteiger partial charge in [-0.3, -0.25) is 0 Å². The topological polar surface area (TPSA) is 144 Å². The number of rotatable bonds is 2. The molecule has 2 atom stereocenters. The first kappa shape index (κ1) is 18.1. The summed E-state index contributed by atoms with van der Waals surface area (Å²) >= 11 is 0. The Morgan fingerprint density at radius 1 is 1.31 bits per heavy atom. The Balaban J connectivity index is 0. The summed E-state index contributed by atoms with van der Waals surface area (Å²) in [4.78, 5) is 0. The van der Waals surface area contributed by atoms with Gasteiger partial charge in [0, 0.05) is 11.6 Å². The quantitative estimate of drug-likeness (QED) is 0.382. The zero-order valence-electron chi connectivity index (χ0n) is 9.89. The van der Waals surface area contributed by atoms with Gasteiger partial charge in [0.2, 0.25) is 0 Å². The van der Waals surface area contributed by atoms with Crippen molar-refractivity contribution in [1.29, 1.82) is 0 Å². The van der Waals surface area contributed by atoms with Gasteiger partial charge in [0.15, 0.2) is 0 Å². The van der Waals surface area contributed by atoms with Crippen LogP contribution in [0.2, 0.25) is 0 Å². The van der Waals surface area contributed by atoms with Gasteiger partial charge in [0.1, 0.15) is 6.10 Å². The predicted octanol–water partition coefficient (Wildman–Crippen LogP) is -1.89. The molecule has 1 saturated carbocycles. The van der Waals surface area contributed by atoms with Gasteiger partial charge in [-0.2, -0.15) is 0 Å². The number of hydrogen-bond acceptors (Lipinski definition) is 5. The second-order valence-corrected chi connectivity index (χ2v) is 4.38. The molecule has 1 aliphatic rings. The highest BCUT2D eigenvalue weighted by atomic mass is 16.3. The molecular formula is C10H26N2O4. The van der Waals surface area contributed by atoms with E-state index >= 15 is 0 Å². The average molecular weight is 238 g/mol. The van der Waals surface area contributed by atoms with Crippen LogP contribution in [0.25, 0.3) is 0 Å². The molecule has 0 bridgehead atoms. The van der Waals surface area contributed by atoms with Crippen LogP contribution in [0.1, 0.15) is 32.6 Å². The van der Waals surface area contributed by atoms with E-state index in [9.17, 15) is 0 Å². The van der Waals surface area contributed by atoms with Gasteiger partial charge < -0.3 is 32.3 Å². The van der Waals surface area contributed by atoms with Gasteiger partial charge >= 0.3 is 0 Å². The zero-order valence-corrected chi connectivity index (χ0v) is 9.89. The minimum atomic E-state index is -0.954. The molecule has 16 heavy (non-hydrogen) atoms. The standard InChI is InChI=1S/C7H16N2.C3H8O3.H2O/c1-7(9)5-3-2-4-6(7)8;4-1-3(6)2-5;/h6H,2-5,8-9H2,1H3;3-6H,1-2H2;1H2. The third-order valence-corrected chi connectivity index (χ3v) is 2.75. The van der Waals surface area contributed by atoms with Gasteiger partial charge in [-0.15, -0.1) is 0 Å². The van der Waals surface area contributed by atoms with Crippen molar-refractivity contribution in [2.24, 2.45) is 11.5 Å². The fraction of sp³-hybridized carbons (Fsp3) is 1.00. The van der Waals surface area contributed by atoms with E-state index in [2.05, 4.69) is 6.92 Å². The minimum absolute atomic E-state index is 0. The van der Waals surface area contributed by atoms with Gasteiger partial charge in [0.05, 0.1) is 13.2 Å². The smallest absolute Gasteiger partial charge is 0.100 e. The molecular weight excluding hydrogens is 212 g/mol. The van der Waals surface area contributed by atoms with Crippen LogP contribution < -0.4 is 11.5 Å². The maximum absolute atomic E-state index is 8.17. The predicted molar refractivity (Wildman–Crippen MR) is 62.8 cm³/mol. The first-order valence-electron chi connectivity index (χ1n) is 5.38. The molecule has 9 N–H and O–H groups in total. The molecule has 100 valence electrons. The van der Waals surface area contributed by atoms with Crippen molar-refractivity contribution in [3.63, 3.8) is 0 Å². The summed E-state index contributed by atoms with van der Waals surface area (Å²) in [6, 6.07) is 0.228. The van der Waals surface area contributed by atoms with Crippen molar-refractivity contribution in [2.45, 2.75) is 50.3 Å². The Labute approximate surface area is 96.6 Å². The number of aliphatic hydroxyl groups excluding tert-OH is 3. The second kappa shape index (κ2) is 8.86. The van der Waals surface area contributed by atoms with Crippen LogP contribution in [0.4, 0.5) is 0 Å². The van der Waals surface area contributed by atoms with Gasteiger partial charge in [-0.05, 0) is 19.8 Å². The van der Waals surface area contributed by atoms with E-state index in [1.165, 1.54) is 12.8 Å². The van der Waals surface area contributed by atoms with E-state index in [4.69, 9.17) is 26.8 Å². The number of nitrogens with two attached hydrogens (primary N) is 2. The van der Waals surface area contributed by atoms with Gasteiger partial charge in [-0.25, -0.2) is 0 Å². The highest BCUT2D eigenvalue weighted by molar-refractivity contribution is 4.92. The van der Waals surface area contributed by atoms with E-state index in [1.54, 1.807) is 0 Å². The van der Waals surface area contributed by atoms with Gasteiger partial charge in [-0.1, -0.05) is 12.8 Å². The summed E-state index contributed by atoms with van der Waals surface area (Å²) in [5, 5.41) is 24.0. The average Bonchev–Trinajstić information content (AvgIpc) is 2.22. The van der Waals surface area contributed by atoms with E-state index in [0.717, 1.165) is 12.8 Å². The molecule has 0 aliphatic heterocycles. The molecule has 0 aromatic carbocycles. The van der Waals surface area contributed by atoms with E-state index in [-0.39, 0.29) is 30.3 Å². The van der Waals surface area contributed by atoms with E-state index < -0.39 is 6.10 Å². The van der Waals surface area contributed by atoms with Crippen molar-refractivity contribution >= 4 is 0 Å². The first-order valence-corrected chi connectivity index (χ1v) is 5.38. The number of hydrogen-bond donors (Lipinski definition) is 5. The third-order valence-electron chi connectivity index (χ3n) is 2.75. The molecule has 0 spiro atoms. The Morgan fingerprint density at radius 2 is 1.81 bits per heavy atom. The fourth-order valence-electron chi connectivity index (χ4n) is 1.44. The lowest BCUT2D eigenvalue weighted by Crippen LogP contribution is -2.54. The van der Waals surface area contributed by atoms with Crippen LogP contribution >= 0.6 is 0 Å². The van der Waals surface area contributed by atoms with Crippen LogP contribution in [-0.4, -0.2) is 51.7 Å². The van der Waals surface area contributed by atoms with Crippen molar-refractivity contribution in [1.82, 2.24) is 0 Å². The van der Waals surface area contributed by atoms with Crippen LogP contribution in [-0.2, 0) is 0 Å². The van der Waals surface area contributed by atoms with Crippen LogP contribution in [0.15, 0.2) is 0 Å². The highest BCUT2D eigenvalue weighted by Crippen LogP contribution is 2.23. The van der Waals surface area contributed by atoms with Crippen LogP contribution in [0.5, 0.6) is 0 Å². The lowest BCUT2D eigenvalue weighted by molar-refractivity contribution is 0.0450. The molecule has 2 unspecified atom stereocenters. The minimum Gasteiger partial charge on any atom is -0.412 e. The van der Waals surface area contributed by atoms with E-state index in [1.807, 2.05) is 0 Å². The molecule has 0 aromatic heterocycles. The summed E-state index contributed by atoms with van der Waals surface area (Å²) in [6.07, 6.45) is 3.75. The Hall–Kier alpha value is -0.240. The maximum Gasteiger partial charge on any atom is 0.100 e. The Morgan fingerprint density at radius 3 is 2.00 bits per heavy atom. The molecule has 6 heteroatoms. The summed E-state index contributed by atoms with van der Waals surface area (Å²) in [6.45, 7) is 1.32. The summed E-state index contributed by atoms with van der Waals surface area (Å²) in [5.41, 5.74) is 11.6. The largest absolute Gasteiger partial charge is 0.412 e. The molecule has 0 heterocycles. The summed E-state index contributed by atoms with van der Waals surface area (Å²) < 4.78 is 0. The molecule has 1 fully saturated rings. The molecule has 0 amide bonds. The molecule has 0 aromatic rings. The normalized spacial score (nSPS) is 29.1. The van der Waals surface area contributed by atoms with Crippen LogP contribution in [0, 0.1) is 0 Å². The Kier molecular flexibility index (Phi) is 10.0. The maximum atomic E-state index is 8.17. The molecule has 0 saturated heterocycles. The number of aliphatic hydroxyl groups is 3. The monoisotopic (exact) mass is 238 g/mol. The van der Waals surface area contributed by atoms with Gasteiger partial charge in [0.25, 0.3) is 0 Å². The summed E-state index contributed by atoms with van der Waals surface area (Å²) in [7, 11) is 0. The third kappa shape index (κ3) is 7.10. The fourth-order valence-corrected chi connectivity index (χ4v) is 1.44. The zero-order chi connectivity index (χ0) is 11.9. The molecule has 1 rings (SSSR count). The first-order chi connectivity index (χ1) is 6.94. The lowest BCUT2D eigenvalue weighted by Gasteiger charge is -2.35. The van der Waals surface area contributed by atoms with Crippen molar-refractivity contribution in [3.05, 3.63) is 0 Å². The summed E-state index contributed by atoms with van der Waals surface area (Å²) in [5.74, 6) is 0. The van der Waals surface area contributed by atoms with Crippen LogP contribution in [0.3, 0.4) is 0 Å². The van der Waals surface area contributed by atoms with Crippen molar-refractivity contribution in [2.75, 3.05) is 13.2 Å². The second-order valence-electron chi connectivity index (χ2n) is 4.38. The lowest BCUT2D eigenvalue weighted by atomic mass is 9.80. The van der Waals surface area contributed by atoms with E-state index in [0.29, 0.717) is 0 Å². The SMILES string of the molecule is CC1(N)CCCCC1N.O.OCC(O)CO. The van der Waals surface area contributed by atoms with Crippen molar-refractivity contribution in [3.8, 4) is 0 Å². The Bertz CT molecular complexity index is 163. The van der Waals surface area contributed by atoms with Crippen molar-refractivity contribution < 1.29 is 20.8 Å². The molecule has 1 aliphatic carbocycles. The molecule has 0 radical (unpaired) electrons.